The minimum Gasteiger partial charge on any atom is -0.497 e. The van der Waals surface area contributed by atoms with Crippen molar-refractivity contribution in [2.45, 2.75) is 6.42 Å². The molecule has 0 fully saturated rings. The van der Waals surface area contributed by atoms with E-state index in [-0.39, 0.29) is 17.5 Å². The van der Waals surface area contributed by atoms with Gasteiger partial charge in [0.1, 0.15) is 11.6 Å². The Bertz CT molecular complexity index is 1080. The van der Waals surface area contributed by atoms with Crippen LogP contribution in [0.15, 0.2) is 72.8 Å². The number of hydrogen-bond acceptors (Lipinski definition) is 3. The van der Waals surface area contributed by atoms with Gasteiger partial charge in [-0.25, -0.2) is 9.18 Å². The quantitative estimate of drug-likeness (QED) is 0.450. The number of carbonyl (C=O) groups is 2. The molecule has 3 aromatic carbocycles. The number of nitrogens with zero attached hydrogens (tertiary/aromatic N) is 1. The van der Waals surface area contributed by atoms with Gasteiger partial charge in [0.2, 0.25) is 0 Å². The molecule has 3 aromatic rings. The number of rotatable bonds is 8. The topological polar surface area (TPSA) is 70.7 Å². The van der Waals surface area contributed by atoms with Gasteiger partial charge in [0.15, 0.2) is 0 Å². The van der Waals surface area contributed by atoms with Crippen LogP contribution >= 0.6 is 11.6 Å². The van der Waals surface area contributed by atoms with E-state index in [1.54, 1.807) is 66.6 Å². The Morgan fingerprint density at radius 2 is 1.78 bits per heavy atom. The predicted octanol–water partition coefficient (Wildman–Crippen LogP) is 5.35. The zero-order chi connectivity index (χ0) is 22.9. The molecule has 166 valence electrons. The third-order valence-electron chi connectivity index (χ3n) is 4.64. The first-order chi connectivity index (χ1) is 15.5. The summed E-state index contributed by atoms with van der Waals surface area (Å²) in [6.45, 7) is 0.647. The average Bonchev–Trinajstić information content (AvgIpc) is 2.79. The second kappa shape index (κ2) is 11.2. The lowest BCUT2D eigenvalue weighted by Gasteiger charge is -2.23. The number of anilines is 2. The highest BCUT2D eigenvalue weighted by Gasteiger charge is 2.16. The lowest BCUT2D eigenvalue weighted by Crippen LogP contribution is -2.37. The van der Waals surface area contributed by atoms with E-state index >= 15 is 0 Å². The van der Waals surface area contributed by atoms with E-state index in [0.717, 1.165) is 0 Å². The van der Waals surface area contributed by atoms with E-state index in [9.17, 15) is 14.0 Å². The van der Waals surface area contributed by atoms with Gasteiger partial charge in [-0.2, -0.15) is 0 Å². The fraction of sp³-hybridized carbons (Fsp3) is 0.167. The van der Waals surface area contributed by atoms with E-state index < -0.39 is 5.82 Å². The standard InChI is InChI=1S/C24H23ClFN3O3/c1-32-22-11-9-21(10-12-22)29(24(31)28-20-8-3-6-18(25)16-20)14-4-13-27-23(30)17-5-2-7-19(26)15-17/h2-3,5-12,15-16H,4,13-14H2,1H3,(H,27,30)(H,28,31). The number of nitrogens with one attached hydrogen (secondary N) is 2. The summed E-state index contributed by atoms with van der Waals surface area (Å²) in [5.74, 6) is -0.170. The molecule has 0 saturated heterocycles. The van der Waals surface area contributed by atoms with Crippen molar-refractivity contribution in [1.29, 1.82) is 0 Å². The molecule has 32 heavy (non-hydrogen) atoms. The van der Waals surface area contributed by atoms with Crippen LogP contribution in [0.5, 0.6) is 5.75 Å². The van der Waals surface area contributed by atoms with Crippen molar-refractivity contribution in [2.24, 2.45) is 0 Å². The highest BCUT2D eigenvalue weighted by Crippen LogP contribution is 2.21. The van der Waals surface area contributed by atoms with Crippen molar-refractivity contribution in [2.75, 3.05) is 30.4 Å². The van der Waals surface area contributed by atoms with Crippen LogP contribution < -0.4 is 20.3 Å². The van der Waals surface area contributed by atoms with Crippen molar-refractivity contribution in [3.63, 3.8) is 0 Å². The number of hydrogen-bond donors (Lipinski definition) is 2. The molecule has 0 saturated carbocycles. The molecule has 0 aliphatic heterocycles. The maximum absolute atomic E-state index is 13.3. The number of amides is 3. The molecular weight excluding hydrogens is 433 g/mol. The van der Waals surface area contributed by atoms with E-state index in [2.05, 4.69) is 10.6 Å². The minimum atomic E-state index is -0.471. The first-order valence-electron chi connectivity index (χ1n) is 9.98. The molecular formula is C24H23ClFN3O3. The summed E-state index contributed by atoms with van der Waals surface area (Å²) in [7, 11) is 1.57. The molecule has 0 bridgehead atoms. The number of urea groups is 1. The molecule has 0 aliphatic carbocycles. The van der Waals surface area contributed by atoms with Gasteiger partial charge >= 0.3 is 6.03 Å². The van der Waals surface area contributed by atoms with Crippen LogP contribution in [0.2, 0.25) is 5.02 Å². The van der Waals surface area contributed by atoms with Crippen molar-refractivity contribution in [1.82, 2.24) is 5.32 Å². The van der Waals surface area contributed by atoms with Crippen LogP contribution in [-0.2, 0) is 0 Å². The first-order valence-corrected chi connectivity index (χ1v) is 10.4. The molecule has 3 amide bonds. The molecule has 0 aliphatic rings. The van der Waals surface area contributed by atoms with Crippen molar-refractivity contribution in [3.8, 4) is 5.75 Å². The van der Waals surface area contributed by atoms with E-state index in [1.165, 1.54) is 18.2 Å². The van der Waals surface area contributed by atoms with Gasteiger partial charge in [0, 0.05) is 35.1 Å². The fourth-order valence-corrected chi connectivity index (χ4v) is 3.23. The Kier molecular flexibility index (Phi) is 8.05. The molecule has 0 unspecified atom stereocenters. The Balaban J connectivity index is 1.65. The van der Waals surface area contributed by atoms with Crippen molar-refractivity contribution >= 4 is 34.9 Å². The van der Waals surface area contributed by atoms with E-state index in [0.29, 0.717) is 41.7 Å². The highest BCUT2D eigenvalue weighted by molar-refractivity contribution is 6.30. The second-order valence-corrected chi connectivity index (χ2v) is 7.35. The van der Waals surface area contributed by atoms with Gasteiger partial charge in [-0.3, -0.25) is 9.69 Å². The van der Waals surface area contributed by atoms with Crippen molar-refractivity contribution in [3.05, 3.63) is 89.2 Å². The number of methoxy groups -OCH3 is 1. The number of ether oxygens (including phenoxy) is 1. The normalized spacial score (nSPS) is 10.3. The molecule has 3 rings (SSSR count). The van der Waals surface area contributed by atoms with E-state index in [4.69, 9.17) is 16.3 Å². The first kappa shape index (κ1) is 23.1. The van der Waals surface area contributed by atoms with Crippen LogP contribution in [0.1, 0.15) is 16.8 Å². The Labute approximate surface area is 191 Å². The number of halogens is 2. The summed E-state index contributed by atoms with van der Waals surface area (Å²) in [6.07, 6.45) is 0.482. The molecule has 6 nitrogen and oxygen atoms in total. The zero-order valence-electron chi connectivity index (χ0n) is 17.5. The molecule has 0 radical (unpaired) electrons. The summed E-state index contributed by atoms with van der Waals surface area (Å²) in [5, 5.41) is 6.09. The molecule has 0 atom stereocenters. The van der Waals surface area contributed by atoms with Gasteiger partial charge in [-0.15, -0.1) is 0 Å². The number of benzene rings is 3. The smallest absolute Gasteiger partial charge is 0.326 e. The lowest BCUT2D eigenvalue weighted by atomic mass is 10.2. The maximum atomic E-state index is 13.3. The Morgan fingerprint density at radius 3 is 2.47 bits per heavy atom. The summed E-state index contributed by atoms with van der Waals surface area (Å²) in [5.41, 5.74) is 1.48. The molecule has 2 N–H and O–H groups in total. The van der Waals surface area contributed by atoms with Crippen LogP contribution in [0.3, 0.4) is 0 Å². The van der Waals surface area contributed by atoms with Crippen LogP contribution in [0, 0.1) is 5.82 Å². The van der Waals surface area contributed by atoms with E-state index in [1.807, 2.05) is 0 Å². The SMILES string of the molecule is COc1ccc(N(CCCNC(=O)c2cccc(F)c2)C(=O)Nc2cccc(Cl)c2)cc1. The summed E-state index contributed by atoms with van der Waals surface area (Å²) >= 11 is 6.01. The van der Waals surface area contributed by atoms with Gasteiger partial charge in [-0.05, 0) is 67.1 Å². The van der Waals surface area contributed by atoms with Crippen LogP contribution in [0.25, 0.3) is 0 Å². The van der Waals surface area contributed by atoms with Gasteiger partial charge in [0.05, 0.1) is 7.11 Å². The summed E-state index contributed by atoms with van der Waals surface area (Å²) in [4.78, 5) is 26.7. The van der Waals surface area contributed by atoms with Crippen LogP contribution in [-0.4, -0.2) is 32.1 Å². The highest BCUT2D eigenvalue weighted by atomic mass is 35.5. The minimum absolute atomic E-state index is 0.246. The third-order valence-corrected chi connectivity index (χ3v) is 4.87. The van der Waals surface area contributed by atoms with Gasteiger partial charge < -0.3 is 15.4 Å². The fourth-order valence-electron chi connectivity index (χ4n) is 3.04. The third kappa shape index (κ3) is 6.46. The Morgan fingerprint density at radius 1 is 1.03 bits per heavy atom. The maximum Gasteiger partial charge on any atom is 0.326 e. The zero-order valence-corrected chi connectivity index (χ0v) is 18.2. The molecule has 8 heteroatoms. The lowest BCUT2D eigenvalue weighted by molar-refractivity contribution is 0.0953. The second-order valence-electron chi connectivity index (χ2n) is 6.91. The molecule has 0 spiro atoms. The van der Waals surface area contributed by atoms with Gasteiger partial charge in [0.25, 0.3) is 5.91 Å². The molecule has 0 aromatic heterocycles. The van der Waals surface area contributed by atoms with Crippen LogP contribution in [0.4, 0.5) is 20.6 Å². The van der Waals surface area contributed by atoms with Crippen molar-refractivity contribution < 1.29 is 18.7 Å². The number of carbonyl (C=O) groups excluding carboxylic acids is 2. The molecule has 0 heterocycles. The van der Waals surface area contributed by atoms with Gasteiger partial charge in [-0.1, -0.05) is 23.7 Å². The monoisotopic (exact) mass is 455 g/mol. The average molecular weight is 456 g/mol. The summed E-state index contributed by atoms with van der Waals surface area (Å²) < 4.78 is 18.5. The summed E-state index contributed by atoms with van der Waals surface area (Å²) in [6, 6.07) is 19.1. The predicted molar refractivity (Wildman–Crippen MR) is 124 cm³/mol. The largest absolute Gasteiger partial charge is 0.497 e. The Hall–Kier alpha value is -3.58.